The highest BCUT2D eigenvalue weighted by atomic mass is 28.4. The predicted octanol–water partition coefficient (Wildman–Crippen LogP) is 0.792. The Morgan fingerprint density at radius 3 is 2.12 bits per heavy atom. The fourth-order valence-electron chi connectivity index (χ4n) is 6.18. The van der Waals surface area contributed by atoms with Gasteiger partial charge in [-0.15, -0.1) is 0 Å². The number of benzene rings is 2. The molecule has 232 valence electrons. The Balaban J connectivity index is 1.68. The van der Waals surface area contributed by atoms with Crippen molar-refractivity contribution in [3.05, 3.63) is 60.7 Å². The van der Waals surface area contributed by atoms with E-state index >= 15 is 0 Å². The third-order valence-electron chi connectivity index (χ3n) is 8.37. The minimum atomic E-state index is -2.97. The van der Waals surface area contributed by atoms with Gasteiger partial charge in [-0.05, 0) is 34.7 Å². The average Bonchev–Trinajstić information content (AvgIpc) is 2.98. The normalized spacial score (nSPS) is 30.6. The average molecular weight is 603 g/mol. The van der Waals surface area contributed by atoms with Gasteiger partial charge in [0.1, 0.15) is 24.9 Å². The Kier molecular flexibility index (Phi) is 11.0. The van der Waals surface area contributed by atoms with Crippen LogP contribution in [0.5, 0.6) is 0 Å². The lowest BCUT2D eigenvalue weighted by atomic mass is 9.90. The van der Waals surface area contributed by atoms with Crippen molar-refractivity contribution >= 4 is 24.7 Å². The highest BCUT2D eigenvalue weighted by Crippen LogP contribution is 2.40. The van der Waals surface area contributed by atoms with E-state index in [-0.39, 0.29) is 11.1 Å². The molecule has 2 aromatic rings. The molecule has 1 heterocycles. The minimum absolute atomic E-state index is 0.270. The lowest BCUT2D eigenvalue weighted by Gasteiger charge is -2.50. The molecule has 0 bridgehead atoms. The quantitative estimate of drug-likeness (QED) is 0.227. The lowest BCUT2D eigenvalue weighted by molar-refractivity contribution is -0.292. The molecular weight excluding hydrogens is 556 g/mol. The van der Waals surface area contributed by atoms with Gasteiger partial charge in [0.15, 0.2) is 6.29 Å². The predicted molar refractivity (Wildman–Crippen MR) is 161 cm³/mol. The molecule has 0 spiro atoms. The standard InChI is InChI=1S/C31H46N2O8Si/c1-31(2,3)42(20-12-7-5-8-13-20,21-14-9-6-10-15-21)41-28-22(32)16-11-17-23(28)39-30-26(33)29(38-19-25(35)37-4)27(36)24(18-34)40-30/h5-10,12-15,22-24,26-30,34,36H,11,16-19,32-33H2,1-4H3/t22-,23?,24?,26?,27-,28+,29+,30?/m0/s1. The third-order valence-corrected chi connectivity index (χ3v) is 13.4. The van der Waals surface area contributed by atoms with E-state index in [4.69, 9.17) is 30.1 Å². The molecule has 1 aliphatic carbocycles. The van der Waals surface area contributed by atoms with Gasteiger partial charge >= 0.3 is 5.97 Å². The first-order valence-electron chi connectivity index (χ1n) is 14.6. The maximum absolute atomic E-state index is 11.7. The van der Waals surface area contributed by atoms with Gasteiger partial charge in [0.2, 0.25) is 0 Å². The maximum atomic E-state index is 11.7. The second-order valence-corrected chi connectivity index (χ2v) is 16.4. The molecule has 6 N–H and O–H groups in total. The van der Waals surface area contributed by atoms with Crippen molar-refractivity contribution in [1.29, 1.82) is 0 Å². The number of hydrogen-bond acceptors (Lipinski definition) is 10. The number of ether oxygens (including phenoxy) is 4. The van der Waals surface area contributed by atoms with Crippen LogP contribution in [0.2, 0.25) is 5.04 Å². The van der Waals surface area contributed by atoms with Crippen LogP contribution < -0.4 is 21.8 Å². The Bertz CT molecular complexity index is 1100. The first kappa shape index (κ1) is 32.7. The van der Waals surface area contributed by atoms with Gasteiger partial charge in [-0.3, -0.25) is 0 Å². The van der Waals surface area contributed by atoms with E-state index in [0.717, 1.165) is 23.2 Å². The first-order chi connectivity index (χ1) is 20.0. The van der Waals surface area contributed by atoms with Crippen molar-refractivity contribution < 1.29 is 38.4 Å². The van der Waals surface area contributed by atoms with Gasteiger partial charge in [0, 0.05) is 6.04 Å². The molecule has 1 saturated carbocycles. The van der Waals surface area contributed by atoms with Gasteiger partial charge in [0.05, 0.1) is 32.0 Å². The van der Waals surface area contributed by atoms with E-state index in [1.807, 2.05) is 36.4 Å². The molecule has 2 aromatic carbocycles. The number of rotatable bonds is 10. The van der Waals surface area contributed by atoms with Crippen LogP contribution in [0.3, 0.4) is 0 Å². The summed E-state index contributed by atoms with van der Waals surface area (Å²) >= 11 is 0. The maximum Gasteiger partial charge on any atom is 0.331 e. The van der Waals surface area contributed by atoms with Crippen molar-refractivity contribution in [1.82, 2.24) is 0 Å². The number of carbonyl (C=O) groups is 1. The van der Waals surface area contributed by atoms with E-state index in [2.05, 4.69) is 49.8 Å². The zero-order chi connectivity index (χ0) is 30.5. The van der Waals surface area contributed by atoms with E-state index in [0.29, 0.717) is 6.42 Å². The summed E-state index contributed by atoms with van der Waals surface area (Å²) in [6.07, 6.45) is -3.10. The van der Waals surface area contributed by atoms with E-state index in [9.17, 15) is 15.0 Å². The highest BCUT2D eigenvalue weighted by molar-refractivity contribution is 6.99. The summed E-state index contributed by atoms with van der Waals surface area (Å²) in [5.41, 5.74) is 13.3. The number of nitrogens with two attached hydrogens (primary N) is 2. The third kappa shape index (κ3) is 6.80. The topological polar surface area (TPSA) is 156 Å². The summed E-state index contributed by atoms with van der Waals surface area (Å²) in [5, 5.41) is 22.7. The molecule has 10 nitrogen and oxygen atoms in total. The van der Waals surface area contributed by atoms with Gasteiger partial charge < -0.3 is 45.1 Å². The van der Waals surface area contributed by atoms with E-state index in [1.54, 1.807) is 0 Å². The molecule has 1 aliphatic heterocycles. The molecule has 4 rings (SSSR count). The summed E-state index contributed by atoms with van der Waals surface area (Å²) in [5.74, 6) is -0.615. The Labute approximate surface area is 249 Å². The molecule has 2 fully saturated rings. The fourth-order valence-corrected chi connectivity index (χ4v) is 10.9. The Hall–Kier alpha value is -2.19. The number of aliphatic hydroxyl groups is 2. The summed E-state index contributed by atoms with van der Waals surface area (Å²) < 4.78 is 30.2. The molecule has 11 heteroatoms. The van der Waals surface area contributed by atoms with Crippen LogP contribution in [0.1, 0.15) is 40.0 Å². The van der Waals surface area contributed by atoms with Gasteiger partial charge in [0.25, 0.3) is 8.32 Å². The first-order valence-corrected chi connectivity index (χ1v) is 16.5. The van der Waals surface area contributed by atoms with E-state index in [1.165, 1.54) is 7.11 Å². The van der Waals surface area contributed by atoms with Gasteiger partial charge in [-0.25, -0.2) is 4.79 Å². The largest absolute Gasteiger partial charge is 0.467 e. The van der Waals surface area contributed by atoms with Gasteiger partial charge in [-0.1, -0.05) is 81.4 Å². The van der Waals surface area contributed by atoms with E-state index < -0.39 is 70.4 Å². The van der Waals surface area contributed by atoms with Crippen molar-refractivity contribution in [2.75, 3.05) is 20.3 Å². The SMILES string of the molecule is COC(=O)CO[C@@H]1C(N)C(OC2CCC[C@H](N)[C@H]2O[Si](c2ccccc2)(c2ccccc2)C(C)(C)C)OC(CO)[C@@H]1O. The molecule has 0 radical (unpaired) electrons. The summed E-state index contributed by atoms with van der Waals surface area (Å²) in [4.78, 5) is 11.7. The fraction of sp³-hybridized carbons (Fsp3) is 0.581. The monoisotopic (exact) mass is 602 g/mol. The Morgan fingerprint density at radius 1 is 1.00 bits per heavy atom. The second kappa shape index (κ2) is 14.1. The zero-order valence-corrected chi connectivity index (χ0v) is 25.9. The summed E-state index contributed by atoms with van der Waals surface area (Å²) in [7, 11) is -1.72. The molecular formula is C31H46N2O8Si. The van der Waals surface area contributed by atoms with Crippen molar-refractivity contribution in [3.8, 4) is 0 Å². The molecule has 0 aromatic heterocycles. The molecule has 4 unspecified atom stereocenters. The van der Waals surface area contributed by atoms with Crippen molar-refractivity contribution in [2.45, 2.75) is 94.0 Å². The molecule has 8 atom stereocenters. The van der Waals surface area contributed by atoms with Crippen molar-refractivity contribution in [3.63, 3.8) is 0 Å². The number of carbonyl (C=O) groups excluding carboxylic acids is 1. The number of methoxy groups -OCH3 is 1. The number of esters is 1. The molecule has 1 saturated heterocycles. The smallest absolute Gasteiger partial charge is 0.331 e. The van der Waals surface area contributed by atoms with Crippen LogP contribution in [0, 0.1) is 0 Å². The van der Waals surface area contributed by atoms with Crippen LogP contribution in [0.15, 0.2) is 60.7 Å². The van der Waals surface area contributed by atoms with Crippen LogP contribution >= 0.6 is 0 Å². The zero-order valence-electron chi connectivity index (χ0n) is 24.9. The molecule has 2 aliphatic rings. The Morgan fingerprint density at radius 2 is 1.60 bits per heavy atom. The molecule has 42 heavy (non-hydrogen) atoms. The van der Waals surface area contributed by atoms with Crippen LogP contribution in [0.4, 0.5) is 0 Å². The lowest BCUT2D eigenvalue weighted by Crippen LogP contribution is -2.71. The highest BCUT2D eigenvalue weighted by Gasteiger charge is 2.54. The van der Waals surface area contributed by atoms with Gasteiger partial charge in [-0.2, -0.15) is 0 Å². The van der Waals surface area contributed by atoms with Crippen LogP contribution in [-0.2, 0) is 28.2 Å². The number of hydrogen-bond donors (Lipinski definition) is 4. The minimum Gasteiger partial charge on any atom is -0.467 e. The van der Waals surface area contributed by atoms with Crippen LogP contribution in [-0.4, -0.2) is 93.7 Å². The number of aliphatic hydroxyl groups excluding tert-OH is 2. The second-order valence-electron chi connectivity index (χ2n) is 12.2. The van der Waals surface area contributed by atoms with Crippen LogP contribution in [0.25, 0.3) is 0 Å². The molecule has 0 amide bonds. The van der Waals surface area contributed by atoms with Crippen molar-refractivity contribution in [2.24, 2.45) is 11.5 Å². The summed E-state index contributed by atoms with van der Waals surface area (Å²) in [6.45, 7) is 5.73. The summed E-state index contributed by atoms with van der Waals surface area (Å²) in [6, 6.07) is 19.4.